The molecule has 1 aliphatic rings. The standard InChI is InChI=1S/C21H16ClFN2O3/c22-16-7-6-15(12-24)19(20(16)23)14-8-9-25(18(26)11-14)17(21(27)28)10-13-4-2-1-3-5-13/h1-7,11,17H,8-10H2,(H,27,28). The van der Waals surface area contributed by atoms with Crippen molar-refractivity contribution in [3.8, 4) is 6.07 Å². The SMILES string of the molecule is N#Cc1ccc(Cl)c(F)c1C1=CC(=O)N(C(Cc2ccccc2)C(=O)O)CC1. The number of aliphatic carboxylic acids is 1. The molecule has 1 atom stereocenters. The van der Waals surface area contributed by atoms with E-state index in [0.29, 0.717) is 5.57 Å². The van der Waals surface area contributed by atoms with Crippen molar-refractivity contribution in [3.63, 3.8) is 0 Å². The Bertz CT molecular complexity index is 999. The van der Waals surface area contributed by atoms with Crippen LogP contribution < -0.4 is 0 Å². The fourth-order valence-electron chi connectivity index (χ4n) is 3.29. The van der Waals surface area contributed by atoms with Gasteiger partial charge in [0.2, 0.25) is 5.91 Å². The molecule has 1 unspecified atom stereocenters. The molecule has 0 bridgehead atoms. The lowest BCUT2D eigenvalue weighted by Gasteiger charge is -2.32. The van der Waals surface area contributed by atoms with Gasteiger partial charge in [-0.3, -0.25) is 4.79 Å². The highest BCUT2D eigenvalue weighted by atomic mass is 35.5. The molecule has 142 valence electrons. The van der Waals surface area contributed by atoms with Gasteiger partial charge in [-0.25, -0.2) is 9.18 Å². The maximum absolute atomic E-state index is 14.5. The third-order valence-corrected chi connectivity index (χ3v) is 4.96. The molecular weight excluding hydrogens is 383 g/mol. The number of amides is 1. The van der Waals surface area contributed by atoms with E-state index >= 15 is 0 Å². The van der Waals surface area contributed by atoms with Gasteiger partial charge in [-0.1, -0.05) is 41.9 Å². The minimum Gasteiger partial charge on any atom is -0.480 e. The number of hydrogen-bond donors (Lipinski definition) is 1. The van der Waals surface area contributed by atoms with Crippen LogP contribution in [0.15, 0.2) is 48.5 Å². The molecule has 1 N–H and O–H groups in total. The van der Waals surface area contributed by atoms with E-state index in [-0.39, 0.29) is 35.5 Å². The molecular formula is C21H16ClFN2O3. The Hall–Kier alpha value is -3.17. The number of carboxylic acids is 1. The van der Waals surface area contributed by atoms with Crippen LogP contribution in [0.2, 0.25) is 5.02 Å². The monoisotopic (exact) mass is 398 g/mol. The van der Waals surface area contributed by atoms with Gasteiger partial charge in [-0.15, -0.1) is 0 Å². The fourth-order valence-corrected chi connectivity index (χ4v) is 3.45. The highest BCUT2D eigenvalue weighted by Gasteiger charge is 2.32. The molecule has 0 saturated heterocycles. The summed E-state index contributed by atoms with van der Waals surface area (Å²) in [5.74, 6) is -2.40. The van der Waals surface area contributed by atoms with E-state index in [4.69, 9.17) is 11.6 Å². The van der Waals surface area contributed by atoms with Crippen LogP contribution in [0.3, 0.4) is 0 Å². The first-order valence-electron chi connectivity index (χ1n) is 8.58. The lowest BCUT2D eigenvalue weighted by Crippen LogP contribution is -2.47. The van der Waals surface area contributed by atoms with E-state index in [1.165, 1.54) is 23.1 Å². The van der Waals surface area contributed by atoms with Crippen molar-refractivity contribution in [1.82, 2.24) is 4.90 Å². The Morgan fingerprint density at radius 1 is 1.29 bits per heavy atom. The van der Waals surface area contributed by atoms with Gasteiger partial charge in [0.25, 0.3) is 0 Å². The molecule has 0 aliphatic carbocycles. The maximum Gasteiger partial charge on any atom is 0.326 e. The van der Waals surface area contributed by atoms with Crippen molar-refractivity contribution in [2.24, 2.45) is 0 Å². The van der Waals surface area contributed by atoms with E-state index in [1.54, 1.807) is 24.3 Å². The van der Waals surface area contributed by atoms with Crippen LogP contribution in [-0.4, -0.2) is 34.5 Å². The Labute approximate surface area is 166 Å². The molecule has 0 fully saturated rings. The summed E-state index contributed by atoms with van der Waals surface area (Å²) in [6.07, 6.45) is 1.58. The van der Waals surface area contributed by atoms with Crippen molar-refractivity contribution >= 4 is 29.1 Å². The van der Waals surface area contributed by atoms with Crippen LogP contribution in [-0.2, 0) is 16.0 Å². The first-order chi connectivity index (χ1) is 13.4. The minimum absolute atomic E-state index is 0.00191. The largest absolute Gasteiger partial charge is 0.480 e. The van der Waals surface area contributed by atoms with Gasteiger partial charge in [0.15, 0.2) is 5.82 Å². The molecule has 5 nitrogen and oxygen atoms in total. The summed E-state index contributed by atoms with van der Waals surface area (Å²) in [5, 5.41) is 18.7. The van der Waals surface area contributed by atoms with Crippen molar-refractivity contribution in [2.75, 3.05) is 6.54 Å². The number of carboxylic acid groups (broad SMARTS) is 1. The first kappa shape index (κ1) is 19.6. The number of nitrogens with zero attached hydrogens (tertiary/aromatic N) is 2. The number of nitriles is 1. The van der Waals surface area contributed by atoms with Crippen molar-refractivity contribution in [2.45, 2.75) is 18.9 Å². The highest BCUT2D eigenvalue weighted by Crippen LogP contribution is 2.32. The second-order valence-electron chi connectivity index (χ2n) is 6.39. The average molecular weight is 399 g/mol. The Morgan fingerprint density at radius 2 is 2.00 bits per heavy atom. The third-order valence-electron chi connectivity index (χ3n) is 4.67. The summed E-state index contributed by atoms with van der Waals surface area (Å²) < 4.78 is 14.5. The van der Waals surface area contributed by atoms with Crippen LogP contribution in [0, 0.1) is 17.1 Å². The van der Waals surface area contributed by atoms with E-state index in [9.17, 15) is 24.3 Å². The average Bonchev–Trinajstić information content (AvgIpc) is 2.69. The van der Waals surface area contributed by atoms with Gasteiger partial charge in [-0.05, 0) is 29.7 Å². The van der Waals surface area contributed by atoms with Crippen LogP contribution in [0.25, 0.3) is 5.57 Å². The third kappa shape index (κ3) is 3.90. The highest BCUT2D eigenvalue weighted by molar-refractivity contribution is 6.31. The zero-order chi connectivity index (χ0) is 20.3. The van der Waals surface area contributed by atoms with Gasteiger partial charge in [0.1, 0.15) is 6.04 Å². The Balaban J connectivity index is 1.91. The molecule has 28 heavy (non-hydrogen) atoms. The maximum atomic E-state index is 14.5. The van der Waals surface area contributed by atoms with Gasteiger partial charge in [-0.2, -0.15) is 5.26 Å². The number of benzene rings is 2. The van der Waals surface area contributed by atoms with Crippen molar-refractivity contribution < 1.29 is 19.1 Å². The summed E-state index contributed by atoms with van der Waals surface area (Å²) in [6.45, 7) is 0.102. The number of carbonyl (C=O) groups is 2. The fraction of sp³-hybridized carbons (Fsp3) is 0.190. The molecule has 0 aromatic heterocycles. The van der Waals surface area contributed by atoms with Gasteiger partial charge in [0, 0.05) is 24.6 Å². The number of halogens is 2. The van der Waals surface area contributed by atoms with Gasteiger partial charge >= 0.3 is 5.97 Å². The molecule has 1 heterocycles. The second kappa shape index (κ2) is 8.24. The topological polar surface area (TPSA) is 81.4 Å². The predicted molar refractivity (Wildman–Crippen MR) is 102 cm³/mol. The van der Waals surface area contributed by atoms with E-state index < -0.39 is 23.7 Å². The van der Waals surface area contributed by atoms with Crippen LogP contribution >= 0.6 is 11.6 Å². The molecule has 2 aromatic rings. The Morgan fingerprint density at radius 3 is 2.61 bits per heavy atom. The van der Waals surface area contributed by atoms with Gasteiger partial charge in [0.05, 0.1) is 16.7 Å². The predicted octanol–water partition coefficient (Wildman–Crippen LogP) is 3.66. The van der Waals surface area contributed by atoms with Crippen LogP contribution in [0.5, 0.6) is 0 Å². The zero-order valence-electron chi connectivity index (χ0n) is 14.7. The van der Waals surface area contributed by atoms with E-state index in [0.717, 1.165) is 5.56 Å². The molecule has 0 saturated carbocycles. The van der Waals surface area contributed by atoms with E-state index in [2.05, 4.69) is 0 Å². The molecule has 0 radical (unpaired) electrons. The normalized spacial score (nSPS) is 15.0. The zero-order valence-corrected chi connectivity index (χ0v) is 15.5. The lowest BCUT2D eigenvalue weighted by molar-refractivity contribution is -0.148. The summed E-state index contributed by atoms with van der Waals surface area (Å²) in [6, 6.07) is 12.6. The molecule has 7 heteroatoms. The van der Waals surface area contributed by atoms with Crippen molar-refractivity contribution in [1.29, 1.82) is 5.26 Å². The second-order valence-corrected chi connectivity index (χ2v) is 6.80. The number of hydrogen-bond acceptors (Lipinski definition) is 3. The summed E-state index contributed by atoms with van der Waals surface area (Å²) in [4.78, 5) is 25.7. The molecule has 0 spiro atoms. The van der Waals surface area contributed by atoms with Gasteiger partial charge < -0.3 is 10.0 Å². The van der Waals surface area contributed by atoms with Crippen LogP contribution in [0.1, 0.15) is 23.1 Å². The lowest BCUT2D eigenvalue weighted by atomic mass is 9.93. The number of rotatable bonds is 5. The summed E-state index contributed by atoms with van der Waals surface area (Å²) in [5.41, 5.74) is 1.21. The smallest absolute Gasteiger partial charge is 0.326 e. The van der Waals surface area contributed by atoms with E-state index in [1.807, 2.05) is 12.1 Å². The molecule has 1 amide bonds. The quantitative estimate of drug-likeness (QED) is 0.833. The number of carbonyl (C=O) groups excluding carboxylic acids is 1. The molecule has 1 aliphatic heterocycles. The molecule has 3 rings (SSSR count). The first-order valence-corrected chi connectivity index (χ1v) is 8.96. The molecule has 2 aromatic carbocycles. The minimum atomic E-state index is -1.11. The Kier molecular flexibility index (Phi) is 5.76. The van der Waals surface area contributed by atoms with Crippen LogP contribution in [0.4, 0.5) is 4.39 Å². The summed E-state index contributed by atoms with van der Waals surface area (Å²) in [7, 11) is 0. The summed E-state index contributed by atoms with van der Waals surface area (Å²) >= 11 is 5.82. The van der Waals surface area contributed by atoms with Crippen molar-refractivity contribution in [3.05, 3.63) is 76.1 Å².